The molecule has 0 heterocycles. The van der Waals surface area contributed by atoms with Crippen LogP contribution in [0.2, 0.25) is 0 Å². The van der Waals surface area contributed by atoms with E-state index < -0.39 is 5.97 Å². The largest absolute Gasteiger partial charge is 0.480 e. The Kier molecular flexibility index (Phi) is 7.28. The van der Waals surface area contributed by atoms with Crippen molar-refractivity contribution in [1.29, 1.82) is 0 Å². The van der Waals surface area contributed by atoms with Crippen molar-refractivity contribution in [2.24, 2.45) is 0 Å². The number of carbonyl (C=O) groups excluding carboxylic acids is 1. The van der Waals surface area contributed by atoms with E-state index in [2.05, 4.69) is 5.32 Å². The topological polar surface area (TPSA) is 78.9 Å². The minimum atomic E-state index is -1.02. The Morgan fingerprint density at radius 2 is 2.06 bits per heavy atom. The van der Waals surface area contributed by atoms with E-state index in [1.54, 1.807) is 6.92 Å². The van der Waals surface area contributed by atoms with Gasteiger partial charge in [-0.1, -0.05) is 0 Å². The monoisotopic (exact) mass is 232 g/mol. The van der Waals surface area contributed by atoms with Gasteiger partial charge in [-0.2, -0.15) is 0 Å². The molecule has 0 spiro atoms. The molecule has 6 nitrogen and oxygen atoms in total. The maximum absolute atomic E-state index is 11.5. The van der Waals surface area contributed by atoms with Crippen LogP contribution < -0.4 is 5.32 Å². The maximum Gasteiger partial charge on any atom is 0.323 e. The molecule has 0 aliphatic heterocycles. The van der Waals surface area contributed by atoms with Gasteiger partial charge in [0.15, 0.2) is 0 Å². The molecule has 0 saturated heterocycles. The number of likely N-dealkylation sites (N-methyl/N-ethyl adjacent to an activating group) is 1. The highest BCUT2D eigenvalue weighted by Crippen LogP contribution is 1.90. The first-order valence-electron chi connectivity index (χ1n) is 5.33. The number of nitrogens with zero attached hydrogens (tertiary/aromatic N) is 1. The third kappa shape index (κ3) is 7.05. The molecule has 6 heteroatoms. The molecule has 0 aromatic rings. The van der Waals surface area contributed by atoms with E-state index in [0.29, 0.717) is 19.7 Å². The summed E-state index contributed by atoms with van der Waals surface area (Å²) in [4.78, 5) is 23.1. The van der Waals surface area contributed by atoms with Crippen molar-refractivity contribution in [2.75, 3.05) is 26.2 Å². The Morgan fingerprint density at radius 3 is 2.50 bits per heavy atom. The summed E-state index contributed by atoms with van der Waals surface area (Å²) in [6.07, 6.45) is 0.123. The number of hydrogen-bond donors (Lipinski definition) is 2. The lowest BCUT2D eigenvalue weighted by Crippen LogP contribution is -2.43. The summed E-state index contributed by atoms with van der Waals surface area (Å²) in [5.41, 5.74) is 0. The summed E-state index contributed by atoms with van der Waals surface area (Å²) in [6.45, 7) is 6.43. The van der Waals surface area contributed by atoms with Gasteiger partial charge in [0, 0.05) is 13.1 Å². The van der Waals surface area contributed by atoms with Crippen LogP contribution in [0.5, 0.6) is 0 Å². The minimum Gasteiger partial charge on any atom is -0.480 e. The second kappa shape index (κ2) is 7.92. The van der Waals surface area contributed by atoms with Crippen molar-refractivity contribution >= 4 is 12.0 Å². The lowest BCUT2D eigenvalue weighted by Gasteiger charge is -2.19. The normalized spacial score (nSPS) is 10.2. The number of nitrogens with one attached hydrogen (secondary N) is 1. The molecular formula is C10H20N2O4. The third-order valence-electron chi connectivity index (χ3n) is 1.82. The van der Waals surface area contributed by atoms with Crippen LogP contribution >= 0.6 is 0 Å². The number of ether oxygens (including phenoxy) is 1. The highest BCUT2D eigenvalue weighted by Gasteiger charge is 2.13. The fourth-order valence-corrected chi connectivity index (χ4v) is 1.05. The molecular weight excluding hydrogens is 212 g/mol. The van der Waals surface area contributed by atoms with Crippen LogP contribution in [0, 0.1) is 0 Å². The predicted octanol–water partition coefficient (Wildman–Crippen LogP) is 0.527. The molecule has 0 bridgehead atoms. The quantitative estimate of drug-likeness (QED) is 0.627. The fourth-order valence-electron chi connectivity index (χ4n) is 1.05. The Morgan fingerprint density at radius 1 is 1.44 bits per heavy atom. The van der Waals surface area contributed by atoms with Gasteiger partial charge in [0.1, 0.15) is 6.54 Å². The van der Waals surface area contributed by atoms with Gasteiger partial charge in [-0.15, -0.1) is 0 Å². The van der Waals surface area contributed by atoms with E-state index in [9.17, 15) is 9.59 Å². The first-order valence-corrected chi connectivity index (χ1v) is 5.33. The zero-order valence-corrected chi connectivity index (χ0v) is 10.0. The predicted molar refractivity (Wildman–Crippen MR) is 59.4 cm³/mol. The van der Waals surface area contributed by atoms with E-state index in [-0.39, 0.29) is 18.7 Å². The molecule has 0 aromatic carbocycles. The van der Waals surface area contributed by atoms with E-state index >= 15 is 0 Å². The van der Waals surface area contributed by atoms with Gasteiger partial charge in [0.2, 0.25) is 0 Å². The van der Waals surface area contributed by atoms with Crippen molar-refractivity contribution in [1.82, 2.24) is 10.2 Å². The fraction of sp³-hybridized carbons (Fsp3) is 0.800. The van der Waals surface area contributed by atoms with Gasteiger partial charge in [0.25, 0.3) is 0 Å². The first kappa shape index (κ1) is 14.7. The number of aliphatic carboxylic acids is 1. The van der Waals surface area contributed by atoms with E-state index in [4.69, 9.17) is 9.84 Å². The molecule has 0 atom stereocenters. The van der Waals surface area contributed by atoms with Crippen LogP contribution in [-0.4, -0.2) is 54.4 Å². The highest BCUT2D eigenvalue weighted by molar-refractivity contribution is 5.79. The number of carbonyl (C=O) groups is 2. The second-order valence-electron chi connectivity index (χ2n) is 3.56. The van der Waals surface area contributed by atoms with Crippen molar-refractivity contribution in [3.8, 4) is 0 Å². The molecule has 0 rings (SSSR count). The Bertz CT molecular complexity index is 231. The van der Waals surface area contributed by atoms with Gasteiger partial charge in [-0.3, -0.25) is 4.79 Å². The number of rotatable bonds is 7. The van der Waals surface area contributed by atoms with Crippen molar-refractivity contribution in [3.63, 3.8) is 0 Å². The van der Waals surface area contributed by atoms with Crippen LogP contribution in [0.25, 0.3) is 0 Å². The first-order chi connectivity index (χ1) is 7.47. The van der Waals surface area contributed by atoms with E-state index in [1.165, 1.54) is 4.90 Å². The average Bonchev–Trinajstić information content (AvgIpc) is 2.20. The van der Waals surface area contributed by atoms with Crippen LogP contribution in [0.4, 0.5) is 4.79 Å². The van der Waals surface area contributed by atoms with Gasteiger partial charge < -0.3 is 20.1 Å². The molecule has 16 heavy (non-hydrogen) atoms. The van der Waals surface area contributed by atoms with Gasteiger partial charge in [0.05, 0.1) is 12.7 Å². The van der Waals surface area contributed by atoms with Crippen LogP contribution in [-0.2, 0) is 9.53 Å². The van der Waals surface area contributed by atoms with Crippen molar-refractivity contribution in [3.05, 3.63) is 0 Å². The number of urea groups is 1. The number of carboxylic acid groups (broad SMARTS) is 1. The summed E-state index contributed by atoms with van der Waals surface area (Å²) in [6, 6.07) is -0.378. The molecule has 94 valence electrons. The average molecular weight is 232 g/mol. The van der Waals surface area contributed by atoms with E-state index in [1.807, 2.05) is 13.8 Å². The van der Waals surface area contributed by atoms with Crippen LogP contribution in [0.1, 0.15) is 20.8 Å². The summed E-state index contributed by atoms with van der Waals surface area (Å²) >= 11 is 0. The summed E-state index contributed by atoms with van der Waals surface area (Å²) in [5.74, 6) is -1.02. The lowest BCUT2D eigenvalue weighted by atomic mass is 10.5. The number of amides is 2. The van der Waals surface area contributed by atoms with Crippen LogP contribution in [0.15, 0.2) is 0 Å². The minimum absolute atomic E-state index is 0.123. The van der Waals surface area contributed by atoms with Crippen LogP contribution in [0.3, 0.4) is 0 Å². The van der Waals surface area contributed by atoms with Crippen molar-refractivity contribution in [2.45, 2.75) is 26.9 Å². The Labute approximate surface area is 95.6 Å². The van der Waals surface area contributed by atoms with Gasteiger partial charge in [-0.25, -0.2) is 4.79 Å². The highest BCUT2D eigenvalue weighted by atomic mass is 16.5. The zero-order chi connectivity index (χ0) is 12.6. The third-order valence-corrected chi connectivity index (χ3v) is 1.82. The number of carboxylic acids is 1. The Hall–Kier alpha value is -1.30. The van der Waals surface area contributed by atoms with Gasteiger partial charge in [-0.05, 0) is 20.8 Å². The molecule has 0 aliphatic rings. The maximum atomic E-state index is 11.5. The van der Waals surface area contributed by atoms with Gasteiger partial charge >= 0.3 is 12.0 Å². The smallest absolute Gasteiger partial charge is 0.323 e. The summed E-state index contributed by atoms with van der Waals surface area (Å²) < 4.78 is 5.24. The Balaban J connectivity index is 3.80. The molecule has 0 aromatic heterocycles. The molecule has 2 N–H and O–H groups in total. The molecule has 0 radical (unpaired) electrons. The lowest BCUT2D eigenvalue weighted by molar-refractivity contribution is -0.137. The molecule has 0 fully saturated rings. The molecule has 2 amide bonds. The standard InChI is InChI=1S/C10H20N2O4/c1-4-12(7-9(13)14)10(15)11-5-6-16-8(2)3/h8H,4-7H2,1-3H3,(H,11,15)(H,13,14). The zero-order valence-electron chi connectivity index (χ0n) is 10.0. The SMILES string of the molecule is CCN(CC(=O)O)C(=O)NCCOC(C)C. The number of hydrogen-bond acceptors (Lipinski definition) is 3. The molecule has 0 aliphatic carbocycles. The second-order valence-corrected chi connectivity index (χ2v) is 3.56. The molecule has 0 saturated carbocycles. The molecule has 0 unspecified atom stereocenters. The van der Waals surface area contributed by atoms with E-state index in [0.717, 1.165) is 0 Å². The summed E-state index contributed by atoms with van der Waals surface area (Å²) in [5, 5.41) is 11.2. The summed E-state index contributed by atoms with van der Waals surface area (Å²) in [7, 11) is 0. The van der Waals surface area contributed by atoms with Crippen molar-refractivity contribution < 1.29 is 19.4 Å².